The number of pyridine rings is 1. The van der Waals surface area contributed by atoms with E-state index in [2.05, 4.69) is 11.9 Å². The minimum absolute atomic E-state index is 0. The van der Waals surface area contributed by atoms with Crippen LogP contribution in [-0.4, -0.2) is 45.6 Å². The molecule has 72 valence electrons. The second-order valence-corrected chi connectivity index (χ2v) is 2.96. The normalized spacial score (nSPS) is 9.21. The minimum atomic E-state index is -0.970. The standard InChI is InChI=1S/C10H13NO2.Na.H/c1-2-3-4-8-5-6-9(10(12)13)11-7-8;;/h5-7H,2-4H2,1H3,(H,12,13);;. The van der Waals surface area contributed by atoms with Gasteiger partial charge in [0.1, 0.15) is 5.69 Å². The zero-order valence-corrected chi connectivity index (χ0v) is 7.66. The Kier molecular flexibility index (Phi) is 6.79. The van der Waals surface area contributed by atoms with Crippen LogP contribution in [0.2, 0.25) is 0 Å². The molecule has 0 amide bonds. The van der Waals surface area contributed by atoms with Gasteiger partial charge in [-0.15, -0.1) is 0 Å². The van der Waals surface area contributed by atoms with Crippen LogP contribution >= 0.6 is 0 Å². The maximum absolute atomic E-state index is 10.5. The molecule has 0 aliphatic rings. The van der Waals surface area contributed by atoms with E-state index >= 15 is 0 Å². The van der Waals surface area contributed by atoms with Gasteiger partial charge in [0.05, 0.1) is 0 Å². The molecule has 1 aromatic rings. The van der Waals surface area contributed by atoms with Gasteiger partial charge in [0.15, 0.2) is 0 Å². The third kappa shape index (κ3) is 4.22. The van der Waals surface area contributed by atoms with E-state index in [0.29, 0.717) is 0 Å². The third-order valence-corrected chi connectivity index (χ3v) is 1.86. The number of carboxylic acids is 1. The van der Waals surface area contributed by atoms with Crippen LogP contribution < -0.4 is 0 Å². The van der Waals surface area contributed by atoms with Crippen LogP contribution in [-0.2, 0) is 6.42 Å². The van der Waals surface area contributed by atoms with Gasteiger partial charge < -0.3 is 5.11 Å². The van der Waals surface area contributed by atoms with E-state index in [9.17, 15) is 4.79 Å². The van der Waals surface area contributed by atoms with Crippen molar-refractivity contribution in [1.82, 2.24) is 4.98 Å². The van der Waals surface area contributed by atoms with Crippen molar-refractivity contribution in [3.63, 3.8) is 0 Å². The van der Waals surface area contributed by atoms with E-state index in [-0.39, 0.29) is 35.3 Å². The molecule has 1 aromatic heterocycles. The molecule has 0 bridgehead atoms. The van der Waals surface area contributed by atoms with Crippen molar-refractivity contribution in [3.8, 4) is 0 Å². The van der Waals surface area contributed by atoms with Gasteiger partial charge in [0.25, 0.3) is 0 Å². The molecule has 0 aliphatic carbocycles. The fourth-order valence-electron chi connectivity index (χ4n) is 1.08. The van der Waals surface area contributed by atoms with E-state index in [1.807, 2.05) is 6.07 Å². The van der Waals surface area contributed by atoms with E-state index in [0.717, 1.165) is 24.8 Å². The average molecular weight is 203 g/mol. The van der Waals surface area contributed by atoms with Crippen LogP contribution in [0.25, 0.3) is 0 Å². The number of aryl methyl sites for hydroxylation is 1. The molecule has 0 spiro atoms. The molecule has 0 aromatic carbocycles. The van der Waals surface area contributed by atoms with Crippen molar-refractivity contribution in [3.05, 3.63) is 29.6 Å². The van der Waals surface area contributed by atoms with Crippen molar-refractivity contribution >= 4 is 35.5 Å². The molecular weight excluding hydrogens is 189 g/mol. The first-order valence-electron chi connectivity index (χ1n) is 4.42. The summed E-state index contributed by atoms with van der Waals surface area (Å²) >= 11 is 0. The predicted octanol–water partition coefficient (Wildman–Crippen LogP) is 1.47. The second kappa shape index (κ2) is 6.98. The average Bonchev–Trinajstić information content (AvgIpc) is 2.15. The molecule has 3 nitrogen and oxygen atoms in total. The third-order valence-electron chi connectivity index (χ3n) is 1.86. The number of aromatic carboxylic acids is 1. The van der Waals surface area contributed by atoms with Crippen LogP contribution in [0.4, 0.5) is 0 Å². The molecule has 0 saturated carbocycles. The van der Waals surface area contributed by atoms with Crippen LogP contribution in [0.5, 0.6) is 0 Å². The number of aromatic nitrogens is 1. The Bertz CT molecular complexity index is 285. The molecule has 1 N–H and O–H groups in total. The van der Waals surface area contributed by atoms with Crippen molar-refractivity contribution < 1.29 is 9.90 Å². The van der Waals surface area contributed by atoms with Gasteiger partial charge in [-0.2, -0.15) is 0 Å². The van der Waals surface area contributed by atoms with E-state index < -0.39 is 5.97 Å². The second-order valence-electron chi connectivity index (χ2n) is 2.96. The Morgan fingerprint density at radius 2 is 2.21 bits per heavy atom. The topological polar surface area (TPSA) is 50.2 Å². The first kappa shape index (κ1) is 13.6. The Hall–Kier alpha value is -0.380. The van der Waals surface area contributed by atoms with Gasteiger partial charge in [0, 0.05) is 6.20 Å². The Balaban J connectivity index is 0.00000169. The summed E-state index contributed by atoms with van der Waals surface area (Å²) < 4.78 is 0. The van der Waals surface area contributed by atoms with Gasteiger partial charge in [-0.1, -0.05) is 19.4 Å². The van der Waals surface area contributed by atoms with Crippen LogP contribution in [0.3, 0.4) is 0 Å². The summed E-state index contributed by atoms with van der Waals surface area (Å²) in [5.74, 6) is -0.970. The summed E-state index contributed by atoms with van der Waals surface area (Å²) in [6, 6.07) is 3.37. The molecule has 0 unspecified atom stereocenters. The summed E-state index contributed by atoms with van der Waals surface area (Å²) in [5.41, 5.74) is 1.21. The summed E-state index contributed by atoms with van der Waals surface area (Å²) in [7, 11) is 0. The molecule has 0 fully saturated rings. The van der Waals surface area contributed by atoms with Crippen LogP contribution in [0.1, 0.15) is 35.8 Å². The number of carboxylic acid groups (broad SMARTS) is 1. The molecule has 0 radical (unpaired) electrons. The Morgan fingerprint density at radius 3 is 2.64 bits per heavy atom. The first-order valence-corrected chi connectivity index (χ1v) is 4.42. The molecular formula is C10H14NNaO2. The molecule has 0 saturated heterocycles. The fraction of sp³-hybridized carbons (Fsp3) is 0.400. The number of hydrogen-bond donors (Lipinski definition) is 1. The van der Waals surface area contributed by atoms with Gasteiger partial charge in [-0.05, 0) is 24.5 Å². The van der Waals surface area contributed by atoms with Gasteiger partial charge >= 0.3 is 35.5 Å². The van der Waals surface area contributed by atoms with Crippen molar-refractivity contribution in [2.45, 2.75) is 26.2 Å². The molecule has 14 heavy (non-hydrogen) atoms. The Labute approximate surface area is 106 Å². The summed E-state index contributed by atoms with van der Waals surface area (Å²) in [5, 5.41) is 8.59. The van der Waals surface area contributed by atoms with Crippen molar-refractivity contribution in [2.24, 2.45) is 0 Å². The molecule has 1 heterocycles. The number of nitrogens with zero attached hydrogens (tertiary/aromatic N) is 1. The van der Waals surface area contributed by atoms with E-state index in [1.165, 1.54) is 0 Å². The number of hydrogen-bond acceptors (Lipinski definition) is 2. The van der Waals surface area contributed by atoms with Crippen molar-refractivity contribution in [1.29, 1.82) is 0 Å². The quantitative estimate of drug-likeness (QED) is 0.754. The van der Waals surface area contributed by atoms with Gasteiger partial charge in [-0.25, -0.2) is 9.78 Å². The first-order chi connectivity index (χ1) is 6.24. The number of unbranched alkanes of at least 4 members (excludes halogenated alkanes) is 1. The predicted molar refractivity (Wildman–Crippen MR) is 57.0 cm³/mol. The monoisotopic (exact) mass is 203 g/mol. The number of rotatable bonds is 4. The fourth-order valence-corrected chi connectivity index (χ4v) is 1.08. The molecule has 0 atom stereocenters. The summed E-state index contributed by atoms with van der Waals surface area (Å²) in [6.07, 6.45) is 4.87. The zero-order valence-electron chi connectivity index (χ0n) is 7.66. The molecule has 1 rings (SSSR count). The van der Waals surface area contributed by atoms with Crippen LogP contribution in [0.15, 0.2) is 18.3 Å². The zero-order chi connectivity index (χ0) is 9.68. The molecule has 4 heteroatoms. The van der Waals surface area contributed by atoms with Crippen LogP contribution in [0, 0.1) is 0 Å². The summed E-state index contributed by atoms with van der Waals surface area (Å²) in [4.78, 5) is 14.3. The Morgan fingerprint density at radius 1 is 1.50 bits per heavy atom. The van der Waals surface area contributed by atoms with E-state index in [1.54, 1.807) is 12.3 Å². The van der Waals surface area contributed by atoms with Crippen molar-refractivity contribution in [2.75, 3.05) is 0 Å². The van der Waals surface area contributed by atoms with Gasteiger partial charge in [0.2, 0.25) is 0 Å². The number of carbonyl (C=O) groups is 1. The summed E-state index contributed by atoms with van der Waals surface area (Å²) in [6.45, 7) is 2.12. The van der Waals surface area contributed by atoms with Gasteiger partial charge in [-0.3, -0.25) is 0 Å². The molecule has 0 aliphatic heterocycles. The van der Waals surface area contributed by atoms with E-state index in [4.69, 9.17) is 5.11 Å². The SMILES string of the molecule is CCCCc1ccc(C(=O)O)nc1.[NaH]. The maximum atomic E-state index is 10.5.